The third-order valence-electron chi connectivity index (χ3n) is 4.21. The molecule has 0 aliphatic rings. The molecule has 1 aromatic rings. The molecule has 0 bridgehead atoms. The fourth-order valence-electron chi connectivity index (χ4n) is 2.72. The summed E-state index contributed by atoms with van der Waals surface area (Å²) >= 11 is 4.13. The first kappa shape index (κ1) is 18.2. The van der Waals surface area contributed by atoms with Crippen molar-refractivity contribution in [1.82, 2.24) is 0 Å². The number of benzene rings is 1. The summed E-state index contributed by atoms with van der Waals surface area (Å²) in [5.74, 6) is 0. The van der Waals surface area contributed by atoms with E-state index in [-0.39, 0.29) is 0 Å². The number of rotatable bonds is 10. The summed E-state index contributed by atoms with van der Waals surface area (Å²) in [5, 5.41) is -0.307. The molecule has 0 aliphatic heterocycles. The van der Waals surface area contributed by atoms with Gasteiger partial charge in [0.15, 0.2) is 0 Å². The minimum absolute atomic E-state index is 1.32. The van der Waals surface area contributed by atoms with Crippen LogP contribution in [0.2, 0.25) is 0 Å². The number of hydrogen-bond acceptors (Lipinski definition) is 0. The van der Waals surface area contributed by atoms with Crippen LogP contribution < -0.4 is 5.30 Å². The van der Waals surface area contributed by atoms with Crippen molar-refractivity contribution in [2.24, 2.45) is 0 Å². The van der Waals surface area contributed by atoms with E-state index in [1.807, 2.05) is 0 Å². The van der Waals surface area contributed by atoms with Gasteiger partial charge in [0.2, 0.25) is 0 Å². The topological polar surface area (TPSA) is 0 Å². The molecule has 0 atom stereocenters. The molecule has 0 radical (unpaired) electrons. The summed E-state index contributed by atoms with van der Waals surface area (Å²) in [6.45, 7) is 7.18. The number of halogens is 1. The molecule has 0 amide bonds. The molecule has 0 N–H and O–H groups in total. The van der Waals surface area contributed by atoms with Gasteiger partial charge in [0, 0.05) is 0 Å². The van der Waals surface area contributed by atoms with E-state index in [1.165, 1.54) is 62.8 Å². The van der Waals surface area contributed by atoms with E-state index in [2.05, 4.69) is 66.1 Å². The Morgan fingerprint density at radius 2 is 1.30 bits per heavy atom. The number of unbranched alkanes of at least 4 members (excludes halogenated alkanes) is 7. The first-order chi connectivity index (χ1) is 9.44. The molecule has 116 valence electrons. The van der Waals surface area contributed by atoms with Crippen LogP contribution in [-0.4, -0.2) is 19.5 Å². The van der Waals surface area contributed by atoms with E-state index in [1.54, 1.807) is 0 Å². The van der Waals surface area contributed by atoms with Crippen molar-refractivity contribution in [3.8, 4) is 0 Å². The minimum atomic E-state index is -1.82. The second-order valence-corrected chi connectivity index (χ2v) is 19.0. The van der Waals surface area contributed by atoms with Gasteiger partial charge in [-0.15, -0.1) is 0 Å². The van der Waals surface area contributed by atoms with E-state index >= 15 is 0 Å². The summed E-state index contributed by atoms with van der Waals surface area (Å²) in [7, 11) is 0. The Labute approximate surface area is 134 Å². The molecular formula is C18H32BrP. The summed E-state index contributed by atoms with van der Waals surface area (Å²) < 4.78 is 0. The molecule has 0 spiro atoms. The predicted molar refractivity (Wildman–Crippen MR) is 101 cm³/mol. The van der Waals surface area contributed by atoms with Crippen LogP contribution in [-0.2, 0) is 0 Å². The van der Waals surface area contributed by atoms with Crippen LogP contribution in [0, 0.1) is 0 Å². The molecule has 0 heterocycles. The Morgan fingerprint density at radius 3 is 1.85 bits per heavy atom. The molecule has 1 aromatic carbocycles. The maximum atomic E-state index is 4.13. The predicted octanol–water partition coefficient (Wildman–Crippen LogP) is 6.58. The van der Waals surface area contributed by atoms with Crippen molar-refractivity contribution in [1.29, 1.82) is 0 Å². The van der Waals surface area contributed by atoms with Gasteiger partial charge in [0.25, 0.3) is 0 Å². The van der Waals surface area contributed by atoms with E-state index in [0.29, 0.717) is 0 Å². The third kappa shape index (κ3) is 6.72. The zero-order chi connectivity index (χ0) is 14.9. The molecule has 0 saturated carbocycles. The van der Waals surface area contributed by atoms with Gasteiger partial charge in [-0.3, -0.25) is 0 Å². The molecule has 0 saturated heterocycles. The van der Waals surface area contributed by atoms with Gasteiger partial charge in [-0.25, -0.2) is 0 Å². The molecule has 0 fully saturated rings. The van der Waals surface area contributed by atoms with Gasteiger partial charge in [0.1, 0.15) is 0 Å². The Balaban J connectivity index is 2.26. The Morgan fingerprint density at radius 1 is 0.800 bits per heavy atom. The van der Waals surface area contributed by atoms with Crippen LogP contribution in [0.25, 0.3) is 0 Å². The fraction of sp³-hybridized carbons (Fsp3) is 0.667. The summed E-state index contributed by atoms with van der Waals surface area (Å²) in [6, 6.07) is 11.0. The molecule has 2 heteroatoms. The molecule has 0 aliphatic carbocycles. The van der Waals surface area contributed by atoms with Gasteiger partial charge >= 0.3 is 134 Å². The van der Waals surface area contributed by atoms with Gasteiger partial charge < -0.3 is 0 Å². The molecule has 0 unspecified atom stereocenters. The molecule has 0 nitrogen and oxygen atoms in total. The van der Waals surface area contributed by atoms with Crippen molar-refractivity contribution in [2.45, 2.75) is 58.3 Å². The zero-order valence-electron chi connectivity index (χ0n) is 13.6. The standard InChI is InChI=1S/C18H32BrP/c1-4-5-6-7-8-9-10-14-17-20(2,3,19)18-15-12-11-13-16-18/h11-13,15-16H,4-10,14,17H2,1-3H3. The normalized spacial score (nSPS) is 13.9. The number of hydrogen-bond donors (Lipinski definition) is 0. The van der Waals surface area contributed by atoms with Crippen molar-refractivity contribution in [2.75, 3.05) is 19.5 Å². The van der Waals surface area contributed by atoms with Crippen molar-refractivity contribution < 1.29 is 0 Å². The zero-order valence-corrected chi connectivity index (χ0v) is 16.1. The first-order valence-corrected chi connectivity index (χ1v) is 13.6. The molecule has 20 heavy (non-hydrogen) atoms. The summed E-state index contributed by atoms with van der Waals surface area (Å²) in [6.07, 6.45) is 12.5. The van der Waals surface area contributed by atoms with Gasteiger partial charge in [-0.05, 0) is 0 Å². The maximum absolute atomic E-state index is 4.13. The SMILES string of the molecule is CCCCCCCCCCP(C)(C)(Br)c1ccccc1. The van der Waals surface area contributed by atoms with Crippen molar-refractivity contribution >= 4 is 26.1 Å². The van der Waals surface area contributed by atoms with E-state index in [4.69, 9.17) is 0 Å². The van der Waals surface area contributed by atoms with Crippen molar-refractivity contribution in [3.63, 3.8) is 0 Å². The molecule has 0 aromatic heterocycles. The van der Waals surface area contributed by atoms with E-state index < -0.39 is 5.31 Å². The summed E-state index contributed by atoms with van der Waals surface area (Å²) in [5.41, 5.74) is 0. The monoisotopic (exact) mass is 358 g/mol. The quantitative estimate of drug-likeness (QED) is 0.327. The molecule has 1 rings (SSSR count). The first-order valence-electron chi connectivity index (χ1n) is 8.22. The Kier molecular flexibility index (Phi) is 7.77. The van der Waals surface area contributed by atoms with Crippen LogP contribution in [0.5, 0.6) is 0 Å². The van der Waals surface area contributed by atoms with Gasteiger partial charge in [-0.2, -0.15) is 0 Å². The fourth-order valence-corrected chi connectivity index (χ4v) is 6.66. The van der Waals surface area contributed by atoms with Gasteiger partial charge in [-0.1, -0.05) is 0 Å². The van der Waals surface area contributed by atoms with Crippen LogP contribution in [0.4, 0.5) is 0 Å². The second kappa shape index (κ2) is 8.54. The van der Waals surface area contributed by atoms with Crippen LogP contribution >= 0.6 is 20.8 Å². The summed E-state index contributed by atoms with van der Waals surface area (Å²) in [4.78, 5) is 0. The van der Waals surface area contributed by atoms with Crippen LogP contribution in [0.3, 0.4) is 0 Å². The van der Waals surface area contributed by atoms with Crippen LogP contribution in [0.15, 0.2) is 30.3 Å². The van der Waals surface area contributed by atoms with E-state index in [9.17, 15) is 0 Å². The molecular weight excluding hydrogens is 327 g/mol. The van der Waals surface area contributed by atoms with Crippen LogP contribution in [0.1, 0.15) is 58.3 Å². The Bertz CT molecular complexity index is 364. The van der Waals surface area contributed by atoms with E-state index in [0.717, 1.165) is 0 Å². The Hall–Kier alpha value is 0.130. The average molecular weight is 359 g/mol. The van der Waals surface area contributed by atoms with Gasteiger partial charge in [0.05, 0.1) is 0 Å². The third-order valence-corrected chi connectivity index (χ3v) is 9.99. The average Bonchev–Trinajstić information content (AvgIpc) is 2.42. The second-order valence-electron chi connectivity index (χ2n) is 6.76. The van der Waals surface area contributed by atoms with Crippen molar-refractivity contribution in [3.05, 3.63) is 30.3 Å².